The summed E-state index contributed by atoms with van der Waals surface area (Å²) < 4.78 is 10.9. The van der Waals surface area contributed by atoms with Crippen molar-refractivity contribution < 1.29 is 14.3 Å². The molecule has 96 valence electrons. The zero-order valence-electron chi connectivity index (χ0n) is 9.73. The first-order chi connectivity index (χ1) is 8.70. The van der Waals surface area contributed by atoms with Gasteiger partial charge >= 0.3 is 0 Å². The Hall–Kier alpha value is -2.02. The predicted molar refractivity (Wildman–Crippen MR) is 69.3 cm³/mol. The van der Waals surface area contributed by atoms with Gasteiger partial charge in [-0.05, 0) is 24.4 Å². The molecule has 1 aliphatic rings. The maximum absolute atomic E-state index is 11.8. The minimum atomic E-state index is -0.702. The van der Waals surface area contributed by atoms with E-state index in [1.54, 1.807) is 19.2 Å². The van der Waals surface area contributed by atoms with Crippen LogP contribution < -0.4 is 25.6 Å². The summed E-state index contributed by atoms with van der Waals surface area (Å²) >= 11 is 4.83. The molecule has 1 heterocycles. The van der Waals surface area contributed by atoms with E-state index < -0.39 is 6.10 Å². The molecule has 0 aliphatic carbocycles. The zero-order valence-corrected chi connectivity index (χ0v) is 10.5. The highest BCUT2D eigenvalue weighted by atomic mass is 32.1. The smallest absolute Gasteiger partial charge is 0.283 e. The zero-order chi connectivity index (χ0) is 13.0. The van der Waals surface area contributed by atoms with Gasteiger partial charge in [-0.3, -0.25) is 15.6 Å². The van der Waals surface area contributed by atoms with Gasteiger partial charge in [0.05, 0.1) is 0 Å². The van der Waals surface area contributed by atoms with Crippen LogP contribution in [0, 0.1) is 0 Å². The highest BCUT2D eigenvalue weighted by Gasteiger charge is 2.27. The van der Waals surface area contributed by atoms with Crippen LogP contribution >= 0.6 is 12.2 Å². The summed E-state index contributed by atoms with van der Waals surface area (Å²) in [5.41, 5.74) is 4.97. The van der Waals surface area contributed by atoms with E-state index in [0.29, 0.717) is 16.6 Å². The van der Waals surface area contributed by atoms with Crippen molar-refractivity contribution in [2.45, 2.75) is 6.10 Å². The van der Waals surface area contributed by atoms with Gasteiger partial charge in [-0.2, -0.15) is 0 Å². The maximum Gasteiger partial charge on any atom is 0.283 e. The molecule has 1 aliphatic heterocycles. The summed E-state index contributed by atoms with van der Waals surface area (Å²) in [6.45, 7) is 0.164. The Morgan fingerprint density at radius 2 is 2.06 bits per heavy atom. The van der Waals surface area contributed by atoms with Gasteiger partial charge in [0, 0.05) is 7.05 Å². The Morgan fingerprint density at radius 3 is 2.78 bits per heavy atom. The second-order valence-corrected chi connectivity index (χ2v) is 3.97. The van der Waals surface area contributed by atoms with Gasteiger partial charge in [0.15, 0.2) is 16.6 Å². The van der Waals surface area contributed by atoms with Gasteiger partial charge < -0.3 is 14.8 Å². The number of benzene rings is 1. The summed E-state index contributed by atoms with van der Waals surface area (Å²) in [4.78, 5) is 11.8. The molecule has 1 atom stereocenters. The molecule has 0 spiro atoms. The van der Waals surface area contributed by atoms with Gasteiger partial charge in [-0.25, -0.2) is 0 Å². The average molecular weight is 267 g/mol. The molecule has 0 saturated heterocycles. The summed E-state index contributed by atoms with van der Waals surface area (Å²) in [6.07, 6.45) is -0.702. The lowest BCUT2D eigenvalue weighted by Crippen LogP contribution is -2.52. The predicted octanol–water partition coefficient (Wildman–Crippen LogP) is -0.0485. The number of rotatable bonds is 1. The summed E-state index contributed by atoms with van der Waals surface area (Å²) in [5.74, 6) is 0.849. The minimum Gasteiger partial charge on any atom is -0.485 e. The second kappa shape index (κ2) is 5.54. The van der Waals surface area contributed by atoms with E-state index in [4.69, 9.17) is 21.7 Å². The van der Waals surface area contributed by atoms with Crippen LogP contribution in [0.3, 0.4) is 0 Å². The third-order valence-corrected chi connectivity index (χ3v) is 2.63. The van der Waals surface area contributed by atoms with Crippen LogP contribution in [0.1, 0.15) is 0 Å². The van der Waals surface area contributed by atoms with Crippen molar-refractivity contribution in [1.82, 2.24) is 16.2 Å². The minimum absolute atomic E-state index is 0.164. The second-order valence-electron chi connectivity index (χ2n) is 3.56. The molecule has 0 bridgehead atoms. The summed E-state index contributed by atoms with van der Waals surface area (Å²) in [7, 11) is 1.65. The molecule has 1 aromatic carbocycles. The van der Waals surface area contributed by atoms with E-state index in [2.05, 4.69) is 16.2 Å². The molecule has 1 aromatic rings. The number of carbonyl (C=O) groups is 1. The van der Waals surface area contributed by atoms with E-state index in [9.17, 15) is 4.79 Å². The third kappa shape index (κ3) is 2.80. The van der Waals surface area contributed by atoms with E-state index in [1.165, 1.54) is 0 Å². The van der Waals surface area contributed by atoms with Crippen LogP contribution in [0.2, 0.25) is 0 Å². The molecule has 0 aromatic heterocycles. The monoisotopic (exact) mass is 267 g/mol. The van der Waals surface area contributed by atoms with E-state index in [-0.39, 0.29) is 12.5 Å². The molecule has 0 fully saturated rings. The molecule has 1 amide bonds. The molecule has 3 N–H and O–H groups in total. The summed E-state index contributed by atoms with van der Waals surface area (Å²) in [5, 5.41) is 2.99. The third-order valence-electron chi connectivity index (χ3n) is 2.33. The standard InChI is InChI=1S/C11H13N3O3S/c1-12-11(18)14-13-10(15)9-6-16-7-4-2-3-5-8(7)17-9/h2-5,9H,6H2,1H3,(H,13,15)(H2,12,14,18)/t9-/m1/s1. The fraction of sp³-hybridized carbons (Fsp3) is 0.273. The number of nitrogens with one attached hydrogen (secondary N) is 3. The van der Waals surface area contributed by atoms with Gasteiger partial charge in [-0.1, -0.05) is 12.1 Å². The molecule has 0 unspecified atom stereocenters. The largest absolute Gasteiger partial charge is 0.485 e. The number of ether oxygens (including phenoxy) is 2. The van der Waals surface area contributed by atoms with Crippen molar-refractivity contribution in [1.29, 1.82) is 0 Å². The van der Waals surface area contributed by atoms with Crippen LogP contribution in [0.15, 0.2) is 24.3 Å². The van der Waals surface area contributed by atoms with Crippen LogP contribution in [0.4, 0.5) is 0 Å². The fourth-order valence-corrected chi connectivity index (χ4v) is 1.46. The van der Waals surface area contributed by atoms with Gasteiger partial charge in [0.25, 0.3) is 5.91 Å². The van der Waals surface area contributed by atoms with Crippen LogP contribution in [-0.2, 0) is 4.79 Å². The van der Waals surface area contributed by atoms with Crippen molar-refractivity contribution in [2.24, 2.45) is 0 Å². The number of hydrogen-bond acceptors (Lipinski definition) is 4. The molecular weight excluding hydrogens is 254 g/mol. The average Bonchev–Trinajstić information content (AvgIpc) is 2.43. The Morgan fingerprint density at radius 1 is 1.33 bits per heavy atom. The first-order valence-corrected chi connectivity index (χ1v) is 5.77. The molecule has 2 rings (SSSR count). The first-order valence-electron chi connectivity index (χ1n) is 5.37. The topological polar surface area (TPSA) is 71.6 Å². The lowest BCUT2D eigenvalue weighted by atomic mass is 10.2. The SMILES string of the molecule is CNC(=S)NNC(=O)[C@H]1COc2ccccc2O1. The highest BCUT2D eigenvalue weighted by Crippen LogP contribution is 2.30. The molecular formula is C11H13N3O3S. The summed E-state index contributed by atoms with van der Waals surface area (Å²) in [6, 6.07) is 7.20. The first kappa shape index (κ1) is 12.4. The van der Waals surface area contributed by atoms with Crippen LogP contribution in [0.25, 0.3) is 0 Å². The van der Waals surface area contributed by atoms with Crippen molar-refractivity contribution in [3.63, 3.8) is 0 Å². The van der Waals surface area contributed by atoms with Gasteiger partial charge in [-0.15, -0.1) is 0 Å². The Labute approximate surface area is 110 Å². The number of para-hydroxylation sites is 2. The number of thiocarbonyl (C=S) groups is 1. The van der Waals surface area contributed by atoms with Crippen molar-refractivity contribution >= 4 is 23.2 Å². The number of hydrazine groups is 1. The fourth-order valence-electron chi connectivity index (χ4n) is 1.41. The molecule has 18 heavy (non-hydrogen) atoms. The van der Waals surface area contributed by atoms with E-state index >= 15 is 0 Å². The molecule has 6 nitrogen and oxygen atoms in total. The van der Waals surface area contributed by atoms with E-state index in [0.717, 1.165) is 0 Å². The highest BCUT2D eigenvalue weighted by molar-refractivity contribution is 7.80. The lowest BCUT2D eigenvalue weighted by Gasteiger charge is -2.25. The molecule has 7 heteroatoms. The number of fused-ring (bicyclic) bond motifs is 1. The van der Waals surface area contributed by atoms with Crippen molar-refractivity contribution in [3.05, 3.63) is 24.3 Å². The van der Waals surface area contributed by atoms with Crippen LogP contribution in [-0.4, -0.2) is 30.8 Å². The van der Waals surface area contributed by atoms with Crippen molar-refractivity contribution in [3.8, 4) is 11.5 Å². The maximum atomic E-state index is 11.8. The Balaban J connectivity index is 1.92. The van der Waals surface area contributed by atoms with Gasteiger partial charge in [0.1, 0.15) is 6.61 Å². The Kier molecular flexibility index (Phi) is 3.83. The number of hydrogen-bond donors (Lipinski definition) is 3. The quantitative estimate of drug-likeness (QED) is 0.489. The number of amides is 1. The van der Waals surface area contributed by atoms with Crippen LogP contribution in [0.5, 0.6) is 11.5 Å². The Bertz CT molecular complexity index is 467. The van der Waals surface area contributed by atoms with Gasteiger partial charge in [0.2, 0.25) is 6.10 Å². The normalized spacial score (nSPS) is 16.6. The van der Waals surface area contributed by atoms with Crippen molar-refractivity contribution in [2.75, 3.05) is 13.7 Å². The molecule has 0 saturated carbocycles. The lowest BCUT2D eigenvalue weighted by molar-refractivity contribution is -0.130. The molecule has 0 radical (unpaired) electrons. The number of carbonyl (C=O) groups excluding carboxylic acids is 1. The van der Waals surface area contributed by atoms with E-state index in [1.807, 2.05) is 12.1 Å².